The van der Waals surface area contributed by atoms with Gasteiger partial charge in [-0.2, -0.15) is 0 Å². The lowest BCUT2D eigenvalue weighted by Gasteiger charge is -2.21. The molecule has 1 aromatic rings. The van der Waals surface area contributed by atoms with Crippen LogP contribution in [0.2, 0.25) is 17.3 Å². The molecule has 0 unspecified atom stereocenters. The van der Waals surface area contributed by atoms with Gasteiger partial charge in [-0.3, -0.25) is 0 Å². The molecule has 0 aromatic heterocycles. The second kappa shape index (κ2) is 5.39. The quantitative estimate of drug-likeness (QED) is 0.687. The second-order valence-electron chi connectivity index (χ2n) is 4.27. The molecule has 1 aromatic carbocycles. The highest BCUT2D eigenvalue weighted by Gasteiger charge is 2.20. The van der Waals surface area contributed by atoms with E-state index in [-0.39, 0.29) is 19.3 Å². The van der Waals surface area contributed by atoms with Crippen LogP contribution < -0.4 is 0 Å². The summed E-state index contributed by atoms with van der Waals surface area (Å²) in [4.78, 5) is 0. The SMILES string of the molecule is C[Si](C)([CH2][Mg][Cl])Cc1ccccc1. The summed E-state index contributed by atoms with van der Waals surface area (Å²) in [5.74, 6) is 0. The topological polar surface area (TPSA) is 0 Å². The predicted octanol–water partition coefficient (Wildman–Crippen LogP) is 3.29. The van der Waals surface area contributed by atoms with Gasteiger partial charge in [-0.05, 0) is 6.04 Å². The molecule has 0 N–H and O–H groups in total. The smallest absolute Gasteiger partial charge is 0.346 e. The Hall–Kier alpha value is 0.493. The first-order valence-electron chi connectivity index (χ1n) is 4.74. The van der Waals surface area contributed by atoms with Crippen molar-refractivity contribution >= 4 is 36.4 Å². The number of rotatable bonds is 4. The van der Waals surface area contributed by atoms with E-state index in [1.54, 1.807) is 0 Å². The Kier molecular flexibility index (Phi) is 4.80. The molecule has 0 fully saturated rings. The van der Waals surface area contributed by atoms with Crippen LogP contribution in [0.25, 0.3) is 0 Å². The van der Waals surface area contributed by atoms with E-state index >= 15 is 0 Å². The van der Waals surface area contributed by atoms with Crippen molar-refractivity contribution in [3.8, 4) is 0 Å². The minimum absolute atomic E-state index is 0.272. The number of benzene rings is 1. The van der Waals surface area contributed by atoms with Gasteiger partial charge in [0, 0.05) is 8.07 Å². The molecule has 1 rings (SSSR count). The molecule has 0 aliphatic carbocycles. The maximum absolute atomic E-state index is 5.93. The van der Waals surface area contributed by atoms with E-state index in [0.29, 0.717) is 0 Å². The normalized spacial score (nSPS) is 11.0. The molecule has 0 bridgehead atoms. The summed E-state index contributed by atoms with van der Waals surface area (Å²) >= 11 is -0.272. The molecule has 0 saturated carbocycles. The summed E-state index contributed by atoms with van der Waals surface area (Å²) in [6, 6.07) is 12.1. The van der Waals surface area contributed by atoms with Gasteiger partial charge in [0.2, 0.25) is 0 Å². The fourth-order valence-corrected chi connectivity index (χ4v) is 10.2. The fourth-order valence-electron chi connectivity index (χ4n) is 1.49. The van der Waals surface area contributed by atoms with Crippen molar-refractivity contribution < 1.29 is 0 Å². The van der Waals surface area contributed by atoms with Crippen molar-refractivity contribution in [2.75, 3.05) is 0 Å². The van der Waals surface area contributed by atoms with E-state index in [0.717, 1.165) is 0 Å². The Morgan fingerprint density at radius 3 is 2.38 bits per heavy atom. The summed E-state index contributed by atoms with van der Waals surface area (Å²) < 4.78 is 1.35. The molecule has 0 spiro atoms. The van der Waals surface area contributed by atoms with Gasteiger partial charge in [-0.1, -0.05) is 49.0 Å². The summed E-state index contributed by atoms with van der Waals surface area (Å²) in [6.07, 6.45) is 0. The summed E-state index contributed by atoms with van der Waals surface area (Å²) in [7, 11) is 4.91. The zero-order valence-electron chi connectivity index (χ0n) is 8.39. The zero-order valence-corrected chi connectivity index (χ0v) is 11.6. The third kappa shape index (κ3) is 4.50. The van der Waals surface area contributed by atoms with Crippen LogP contribution in [0.1, 0.15) is 5.56 Å². The minimum Gasteiger partial charge on any atom is -0.346 e. The van der Waals surface area contributed by atoms with E-state index in [2.05, 4.69) is 43.4 Å². The van der Waals surface area contributed by atoms with E-state index in [9.17, 15) is 0 Å². The maximum Gasteiger partial charge on any atom is 0.498 e. The number of hydrogen-bond acceptors (Lipinski definition) is 0. The van der Waals surface area contributed by atoms with Crippen molar-refractivity contribution in [3.05, 3.63) is 35.9 Å². The molecule has 0 radical (unpaired) electrons. The van der Waals surface area contributed by atoms with Crippen LogP contribution in [0.15, 0.2) is 30.3 Å². The second-order valence-corrected chi connectivity index (χ2v) is 12.5. The van der Waals surface area contributed by atoms with Crippen LogP contribution in [0, 0.1) is 0 Å². The Morgan fingerprint density at radius 1 is 1.23 bits per heavy atom. The molecule has 68 valence electrons. The van der Waals surface area contributed by atoms with E-state index in [4.69, 9.17) is 9.07 Å². The van der Waals surface area contributed by atoms with Gasteiger partial charge >= 0.3 is 19.3 Å². The van der Waals surface area contributed by atoms with Crippen LogP contribution in [0.4, 0.5) is 0 Å². The van der Waals surface area contributed by atoms with E-state index < -0.39 is 8.07 Å². The lowest BCUT2D eigenvalue weighted by molar-refractivity contribution is 1.30. The van der Waals surface area contributed by atoms with Gasteiger partial charge in [-0.15, -0.1) is 4.17 Å². The van der Waals surface area contributed by atoms with Crippen LogP contribution in [0.3, 0.4) is 0 Å². The van der Waals surface area contributed by atoms with Crippen LogP contribution >= 0.6 is 9.07 Å². The van der Waals surface area contributed by atoms with Crippen LogP contribution in [-0.4, -0.2) is 27.3 Å². The third-order valence-electron chi connectivity index (χ3n) is 2.30. The molecule has 0 atom stereocenters. The molecule has 13 heavy (non-hydrogen) atoms. The summed E-state index contributed by atoms with van der Waals surface area (Å²) in [5.41, 5.74) is 1.48. The van der Waals surface area contributed by atoms with Crippen LogP contribution in [-0.2, 0) is 6.04 Å². The van der Waals surface area contributed by atoms with E-state index in [1.807, 2.05) is 0 Å². The monoisotopic (exact) mass is 222 g/mol. The first-order chi connectivity index (χ1) is 6.14. The Balaban J connectivity index is 2.58. The van der Waals surface area contributed by atoms with E-state index in [1.165, 1.54) is 15.8 Å². The molecule has 0 amide bonds. The molecule has 0 heterocycles. The van der Waals surface area contributed by atoms with Gasteiger partial charge in [0.1, 0.15) is 0 Å². The highest BCUT2D eigenvalue weighted by Crippen LogP contribution is 2.15. The largest absolute Gasteiger partial charge is 0.498 e. The van der Waals surface area contributed by atoms with Gasteiger partial charge in [0.05, 0.1) is 0 Å². The Morgan fingerprint density at radius 2 is 1.85 bits per heavy atom. The molecule has 0 aliphatic rings. The van der Waals surface area contributed by atoms with Crippen LogP contribution in [0.5, 0.6) is 0 Å². The highest BCUT2D eigenvalue weighted by atomic mass is 35.5. The average molecular weight is 223 g/mol. The molecule has 0 nitrogen and oxygen atoms in total. The molecule has 0 saturated heterocycles. The average Bonchev–Trinajstić information content (AvgIpc) is 2.04. The van der Waals surface area contributed by atoms with Crippen molar-refractivity contribution in [3.63, 3.8) is 0 Å². The van der Waals surface area contributed by atoms with Crippen molar-refractivity contribution in [1.82, 2.24) is 0 Å². The first-order valence-corrected chi connectivity index (χ1v) is 11.3. The molecule has 0 aliphatic heterocycles. The molecular formula is C10H15ClMgSi. The lowest BCUT2D eigenvalue weighted by Crippen LogP contribution is -2.30. The first kappa shape index (κ1) is 11.6. The van der Waals surface area contributed by atoms with Gasteiger partial charge in [0.15, 0.2) is 0 Å². The zero-order chi connectivity index (χ0) is 9.73. The third-order valence-corrected chi connectivity index (χ3v) is 11.5. The maximum atomic E-state index is 5.93. The van der Waals surface area contributed by atoms with Gasteiger partial charge < -0.3 is 9.07 Å². The van der Waals surface area contributed by atoms with Crippen molar-refractivity contribution in [2.24, 2.45) is 0 Å². The highest BCUT2D eigenvalue weighted by molar-refractivity contribution is 7.01. The summed E-state index contributed by atoms with van der Waals surface area (Å²) in [5, 5.41) is 0. The van der Waals surface area contributed by atoms with Gasteiger partial charge in [0.25, 0.3) is 0 Å². The van der Waals surface area contributed by atoms with Gasteiger partial charge in [-0.25, -0.2) is 0 Å². The lowest BCUT2D eigenvalue weighted by atomic mass is 10.2. The van der Waals surface area contributed by atoms with Crippen molar-refractivity contribution in [1.29, 1.82) is 0 Å². The number of hydrogen-bond donors (Lipinski definition) is 0. The minimum atomic E-state index is -1.01. The summed E-state index contributed by atoms with van der Waals surface area (Å²) in [6.45, 7) is 4.88. The molecule has 3 heteroatoms. The Bertz CT molecular complexity index is 248. The Labute approximate surface area is 95.2 Å². The van der Waals surface area contributed by atoms with Crippen molar-refractivity contribution in [2.45, 2.75) is 23.3 Å². The predicted molar refractivity (Wildman–Crippen MR) is 64.0 cm³/mol. The molecular weight excluding hydrogens is 208 g/mol. The standard InChI is InChI=1S/C10H15Si.ClH.Mg/c1-11(2,3)9-10-7-5-4-6-8-10;;/h4-8H,1,9H2,2-3H3;1H;/q;;+1/p-1. The fraction of sp³-hybridized carbons (Fsp3) is 0.400. The number of halogens is 1.